The van der Waals surface area contributed by atoms with E-state index in [0.717, 1.165) is 10.0 Å². The second-order valence-electron chi connectivity index (χ2n) is 6.97. The van der Waals surface area contributed by atoms with Crippen molar-refractivity contribution >= 4 is 31.9 Å². The Morgan fingerprint density at radius 2 is 1.93 bits per heavy atom. The van der Waals surface area contributed by atoms with Crippen LogP contribution in [0, 0.1) is 0 Å². The number of rotatable bonds is 5. The molecule has 1 amide bonds. The van der Waals surface area contributed by atoms with Crippen LogP contribution in [0.5, 0.6) is 0 Å². The zero-order valence-electron chi connectivity index (χ0n) is 15.8. The zero-order valence-corrected chi connectivity index (χ0v) is 18.2. The number of carbonyl (C=O) groups excluding carboxylic acids is 1. The molecule has 6 nitrogen and oxygen atoms in total. The summed E-state index contributed by atoms with van der Waals surface area (Å²) in [4.78, 5) is 14.8. The smallest absolute Gasteiger partial charge is 0.254 e. The van der Waals surface area contributed by atoms with Crippen molar-refractivity contribution in [2.45, 2.75) is 30.9 Å². The molecular weight excluding hydrogens is 444 g/mol. The molecule has 0 aromatic heterocycles. The highest BCUT2D eigenvalue weighted by Crippen LogP contribution is 2.25. The van der Waals surface area contributed by atoms with E-state index < -0.39 is 10.0 Å². The lowest BCUT2D eigenvalue weighted by atomic mass is 10.1. The van der Waals surface area contributed by atoms with Crippen LogP contribution in [-0.2, 0) is 14.8 Å². The molecule has 1 aliphatic rings. The summed E-state index contributed by atoms with van der Waals surface area (Å²) in [5.41, 5.74) is 1.35. The molecular formula is C20H23BrN2O4S. The van der Waals surface area contributed by atoms with Gasteiger partial charge in [-0.25, -0.2) is 13.1 Å². The van der Waals surface area contributed by atoms with Gasteiger partial charge in [0.15, 0.2) is 0 Å². The maximum absolute atomic E-state index is 13.0. The number of amides is 1. The molecule has 1 unspecified atom stereocenters. The van der Waals surface area contributed by atoms with Crippen LogP contribution in [0.3, 0.4) is 0 Å². The summed E-state index contributed by atoms with van der Waals surface area (Å²) in [5.74, 6) is -0.202. The number of hydrogen-bond acceptors (Lipinski definition) is 4. The van der Waals surface area contributed by atoms with Gasteiger partial charge < -0.3 is 9.64 Å². The maximum atomic E-state index is 13.0. The van der Waals surface area contributed by atoms with Crippen molar-refractivity contribution in [3.8, 4) is 0 Å². The topological polar surface area (TPSA) is 75.7 Å². The van der Waals surface area contributed by atoms with Crippen LogP contribution in [0.4, 0.5) is 0 Å². The van der Waals surface area contributed by atoms with Gasteiger partial charge in [0.25, 0.3) is 5.91 Å². The Hall–Kier alpha value is -1.74. The van der Waals surface area contributed by atoms with Gasteiger partial charge in [-0.05, 0) is 49.7 Å². The summed E-state index contributed by atoms with van der Waals surface area (Å²) in [6.07, 6.45) is -0.208. The van der Waals surface area contributed by atoms with E-state index in [-0.39, 0.29) is 22.9 Å². The third kappa shape index (κ3) is 5.00. The van der Waals surface area contributed by atoms with Crippen LogP contribution in [0.15, 0.2) is 57.9 Å². The molecule has 150 valence electrons. The lowest BCUT2D eigenvalue weighted by Crippen LogP contribution is -2.42. The van der Waals surface area contributed by atoms with E-state index in [1.165, 1.54) is 12.1 Å². The van der Waals surface area contributed by atoms with Crippen LogP contribution in [-0.4, -0.2) is 45.0 Å². The number of nitrogens with zero attached hydrogens (tertiary/aromatic N) is 1. The van der Waals surface area contributed by atoms with Gasteiger partial charge in [0.1, 0.15) is 6.10 Å². The summed E-state index contributed by atoms with van der Waals surface area (Å²) >= 11 is 3.41. The predicted octanol–water partition coefficient (Wildman–Crippen LogP) is 3.35. The average Bonchev–Trinajstić information content (AvgIpc) is 2.67. The number of morpholine rings is 1. The number of ether oxygens (including phenoxy) is 1. The molecule has 0 aliphatic carbocycles. The largest absolute Gasteiger partial charge is 0.370 e. The van der Waals surface area contributed by atoms with Gasteiger partial charge in [-0.15, -0.1) is 0 Å². The quantitative estimate of drug-likeness (QED) is 0.732. The fraction of sp³-hybridized carbons (Fsp3) is 0.350. The van der Waals surface area contributed by atoms with E-state index in [1.54, 1.807) is 30.9 Å². The Morgan fingerprint density at radius 1 is 1.21 bits per heavy atom. The van der Waals surface area contributed by atoms with E-state index in [0.29, 0.717) is 25.3 Å². The maximum Gasteiger partial charge on any atom is 0.254 e. The standard InChI is InChI=1S/C20H23BrN2O4S/c1-14(2)22-28(25,26)18-5-3-4-16(12-18)20(24)23-10-11-27-19(13-23)15-6-8-17(21)9-7-15/h3-9,12,14,19,22H,10-11,13H2,1-2H3. The van der Waals surface area contributed by atoms with Crippen molar-refractivity contribution in [3.05, 3.63) is 64.1 Å². The molecule has 1 fully saturated rings. The van der Waals surface area contributed by atoms with Gasteiger partial charge in [0.2, 0.25) is 10.0 Å². The number of nitrogens with one attached hydrogen (secondary N) is 1. The van der Waals surface area contributed by atoms with Gasteiger partial charge in [0.05, 0.1) is 18.0 Å². The van der Waals surface area contributed by atoms with Gasteiger partial charge in [-0.2, -0.15) is 0 Å². The summed E-state index contributed by atoms with van der Waals surface area (Å²) in [6.45, 7) is 4.82. The number of carbonyl (C=O) groups is 1. The predicted molar refractivity (Wildman–Crippen MR) is 111 cm³/mol. The third-order valence-electron chi connectivity index (χ3n) is 4.38. The summed E-state index contributed by atoms with van der Waals surface area (Å²) in [5, 5.41) is 0. The van der Waals surface area contributed by atoms with E-state index in [9.17, 15) is 13.2 Å². The first kappa shape index (κ1) is 21.0. The van der Waals surface area contributed by atoms with Gasteiger partial charge in [0, 0.05) is 22.6 Å². The van der Waals surface area contributed by atoms with Crippen molar-refractivity contribution in [2.75, 3.05) is 19.7 Å². The van der Waals surface area contributed by atoms with Gasteiger partial charge in [-0.3, -0.25) is 4.79 Å². The zero-order chi connectivity index (χ0) is 20.3. The summed E-state index contributed by atoms with van der Waals surface area (Å²) in [6, 6.07) is 13.7. The first-order valence-electron chi connectivity index (χ1n) is 9.05. The molecule has 1 aliphatic heterocycles. The van der Waals surface area contributed by atoms with E-state index >= 15 is 0 Å². The van der Waals surface area contributed by atoms with Crippen molar-refractivity contribution in [2.24, 2.45) is 0 Å². The van der Waals surface area contributed by atoms with Crippen LogP contribution in [0.1, 0.15) is 35.9 Å². The molecule has 0 radical (unpaired) electrons. The van der Waals surface area contributed by atoms with Gasteiger partial charge in [-0.1, -0.05) is 34.1 Å². The van der Waals surface area contributed by atoms with Crippen molar-refractivity contribution in [3.63, 3.8) is 0 Å². The fourth-order valence-electron chi connectivity index (χ4n) is 3.07. The van der Waals surface area contributed by atoms with Crippen LogP contribution >= 0.6 is 15.9 Å². The van der Waals surface area contributed by atoms with E-state index in [1.807, 2.05) is 24.3 Å². The summed E-state index contributed by atoms with van der Waals surface area (Å²) < 4.78 is 34.1. The highest BCUT2D eigenvalue weighted by molar-refractivity contribution is 9.10. The molecule has 0 spiro atoms. The Kier molecular flexibility index (Phi) is 6.54. The molecule has 0 saturated carbocycles. The molecule has 2 aromatic rings. The highest BCUT2D eigenvalue weighted by Gasteiger charge is 2.27. The van der Waals surface area contributed by atoms with Crippen LogP contribution in [0.2, 0.25) is 0 Å². The van der Waals surface area contributed by atoms with E-state index in [4.69, 9.17) is 4.74 Å². The molecule has 1 atom stereocenters. The van der Waals surface area contributed by atoms with Crippen LogP contribution in [0.25, 0.3) is 0 Å². The molecule has 8 heteroatoms. The number of halogens is 1. The average molecular weight is 467 g/mol. The lowest BCUT2D eigenvalue weighted by Gasteiger charge is -2.33. The second kappa shape index (κ2) is 8.73. The molecule has 2 aromatic carbocycles. The molecule has 28 heavy (non-hydrogen) atoms. The minimum absolute atomic E-state index is 0.0877. The first-order valence-corrected chi connectivity index (χ1v) is 11.3. The van der Waals surface area contributed by atoms with Crippen molar-refractivity contribution < 1.29 is 17.9 Å². The molecule has 1 N–H and O–H groups in total. The minimum atomic E-state index is -3.65. The Labute approximate surface area is 174 Å². The third-order valence-corrected chi connectivity index (χ3v) is 6.56. The number of hydrogen-bond donors (Lipinski definition) is 1. The fourth-order valence-corrected chi connectivity index (χ4v) is 4.63. The number of sulfonamides is 1. The van der Waals surface area contributed by atoms with E-state index in [2.05, 4.69) is 20.7 Å². The first-order chi connectivity index (χ1) is 13.3. The van der Waals surface area contributed by atoms with Gasteiger partial charge >= 0.3 is 0 Å². The van der Waals surface area contributed by atoms with Crippen LogP contribution < -0.4 is 4.72 Å². The van der Waals surface area contributed by atoms with Crippen molar-refractivity contribution in [1.29, 1.82) is 0 Å². The highest BCUT2D eigenvalue weighted by atomic mass is 79.9. The monoisotopic (exact) mass is 466 g/mol. The van der Waals surface area contributed by atoms with Crippen molar-refractivity contribution in [1.82, 2.24) is 9.62 Å². The Bertz CT molecular complexity index is 945. The molecule has 0 bridgehead atoms. The second-order valence-corrected chi connectivity index (χ2v) is 9.60. The molecule has 1 heterocycles. The molecule has 1 saturated heterocycles. The summed E-state index contributed by atoms with van der Waals surface area (Å²) in [7, 11) is -3.65. The lowest BCUT2D eigenvalue weighted by molar-refractivity contribution is -0.0228. The Morgan fingerprint density at radius 3 is 2.61 bits per heavy atom. The minimum Gasteiger partial charge on any atom is -0.370 e. The Balaban J connectivity index is 1.78. The normalized spacial score (nSPS) is 17.7. The molecule has 3 rings (SSSR count). The SMILES string of the molecule is CC(C)NS(=O)(=O)c1cccc(C(=O)N2CCOC(c3ccc(Br)cc3)C2)c1. The number of benzene rings is 2.